The van der Waals surface area contributed by atoms with Gasteiger partial charge >= 0.3 is 36.4 Å². The maximum Gasteiger partial charge on any atom is 0.573 e. The Balaban J connectivity index is 0.000000152. The summed E-state index contributed by atoms with van der Waals surface area (Å²) in [4.78, 5) is 109. The Hall–Kier alpha value is -16.4. The maximum absolute atomic E-state index is 13.2. The second-order valence-corrected chi connectivity index (χ2v) is 31.9. The summed E-state index contributed by atoms with van der Waals surface area (Å²) in [5.41, 5.74) is 9.57. The molecular weight excluding hydrogens is 1740 g/mol. The molecule has 4 N–H and O–H groups in total. The van der Waals surface area contributed by atoms with Crippen LogP contribution in [0.2, 0.25) is 0 Å². The minimum absolute atomic E-state index is 0.00974. The molecule has 4 unspecified atom stereocenters. The van der Waals surface area contributed by atoms with E-state index in [0.717, 1.165) is 56.3 Å². The molecule has 8 aromatic carbocycles. The highest BCUT2D eigenvalue weighted by Crippen LogP contribution is 2.48. The third-order valence-electron chi connectivity index (χ3n) is 22.0. The predicted octanol–water partition coefficient (Wildman–Crippen LogP) is 18.3. The largest absolute Gasteiger partial charge is 0.573 e. The Morgan fingerprint density at radius 2 is 0.545 bits per heavy atom. The van der Waals surface area contributed by atoms with Crippen LogP contribution in [0.25, 0.3) is 23.0 Å². The van der Waals surface area contributed by atoms with Crippen molar-refractivity contribution in [1.82, 2.24) is 40.8 Å². The number of aryl methyl sites for hydroxylation is 6. The van der Waals surface area contributed by atoms with Crippen LogP contribution in [0.1, 0.15) is 153 Å². The second kappa shape index (κ2) is 39.9. The molecule has 0 bridgehead atoms. The van der Waals surface area contributed by atoms with E-state index in [1.165, 1.54) is 72.6 Å². The standard InChI is InChI=1S/C28H29N3O3.C24H18F3N3O5.C24H18F3N3O4.C24H21N3O4/c1-16(2)19-7-11-21(12-8-19)25-24(26(32)22-13-9-20(10-14-22)17(3)4)27(33)28(34)31(25)23-15-6-18(5)29-30-23;1-13-3-12-18(29-28-13)30-20(14-4-10-17(11-5-14)35-24(25,26)27)19(22(32)23(30)33)21(31)15-6-8-16(34-2)9-7-15;1-13-3-6-16(7-4-13)21(31)19-20(15-8-10-17(11-9-15)34-24(25,26)27)30(23(33)22(19)32)18-12-5-14(2)28-29-18;1-14-7-10-16(11-8-14)22(28)20-21(17-5-4-6-18(13-17)31-3)27(24(30)23(20)29)19-12-9-15(2)25-26-19/h6-17,25,32H,1-5H3;3-12,20,31H,1-2H3;3-12,20,31H,1-2H3;4-13,21,28H,1-3H3. The van der Waals surface area contributed by atoms with Crippen molar-refractivity contribution in [3.63, 3.8) is 0 Å². The van der Waals surface area contributed by atoms with E-state index in [1.807, 2.05) is 62.4 Å². The van der Waals surface area contributed by atoms with Crippen LogP contribution in [0, 0.1) is 41.5 Å². The van der Waals surface area contributed by atoms with Crippen molar-refractivity contribution in [2.45, 2.75) is 118 Å². The van der Waals surface area contributed by atoms with E-state index in [1.54, 1.807) is 149 Å². The number of Topliss-reactive ketones (excluding diaryl/α,β-unsaturated/α-hetero) is 4. The van der Waals surface area contributed by atoms with Gasteiger partial charge in [0.05, 0.1) is 83.5 Å². The molecule has 0 radical (unpaired) electrons. The van der Waals surface area contributed by atoms with Gasteiger partial charge in [0.1, 0.15) is 46.0 Å². The monoisotopic (exact) mass is 1820 g/mol. The van der Waals surface area contributed by atoms with Crippen molar-refractivity contribution in [3.05, 3.63) is 354 Å². The van der Waals surface area contributed by atoms with Gasteiger partial charge in [-0.1, -0.05) is 172 Å². The predicted molar refractivity (Wildman–Crippen MR) is 482 cm³/mol. The number of ketones is 4. The molecular formula is C100H86F6N12O16. The SMILES string of the molecule is COc1ccc(C(O)=C2C(=O)C(=O)N(c3ccc(C)nn3)C2c2ccc(OC(F)(F)F)cc2)cc1.COc1cccc(C2C(=C(O)c3ccc(C)cc3)C(=O)C(=O)N2c2ccc(C)nn2)c1.Cc1ccc(C(O)=C2C(=O)C(=O)N(c3ccc(C)nn3)C2c2ccc(OC(F)(F)F)cc2)cc1.Cc1ccc(N2C(=O)C(=O)C(=C(O)c3ccc(C(C)C)cc3)C2c2ccc(C(C)C)cc2)nn1. The zero-order valence-electron chi connectivity index (χ0n) is 73.9. The van der Waals surface area contributed by atoms with Crippen molar-refractivity contribution in [2.75, 3.05) is 33.8 Å². The van der Waals surface area contributed by atoms with Crippen LogP contribution in [0.15, 0.2) is 265 Å². The third kappa shape index (κ3) is 20.9. The van der Waals surface area contributed by atoms with E-state index in [2.05, 4.69) is 78.0 Å². The number of aliphatic hydroxyl groups excluding tert-OH is 4. The lowest BCUT2D eigenvalue weighted by molar-refractivity contribution is -0.275. The topological polar surface area (TPSA) is 370 Å². The number of hydrogen-bond donors (Lipinski definition) is 4. The fourth-order valence-electron chi connectivity index (χ4n) is 15.0. The van der Waals surface area contributed by atoms with Crippen LogP contribution in [0.3, 0.4) is 0 Å². The van der Waals surface area contributed by atoms with Crippen LogP contribution < -0.4 is 38.5 Å². The Bertz CT molecular complexity index is 6580. The molecule has 4 saturated heterocycles. The van der Waals surface area contributed by atoms with Gasteiger partial charge in [-0.15, -0.1) is 46.7 Å². The molecule has 16 rings (SSSR count). The number of methoxy groups -OCH3 is 2. The number of halogens is 6. The van der Waals surface area contributed by atoms with E-state index >= 15 is 0 Å². The molecule has 34 heteroatoms. The van der Waals surface area contributed by atoms with Crippen LogP contribution in [0.4, 0.5) is 49.6 Å². The third-order valence-corrected chi connectivity index (χ3v) is 22.0. The number of aliphatic hydroxyl groups is 4. The van der Waals surface area contributed by atoms with Gasteiger partial charge in [-0.25, -0.2) is 0 Å². The number of ether oxygens (including phenoxy) is 4. The van der Waals surface area contributed by atoms with Gasteiger partial charge in [0, 0.05) is 22.3 Å². The number of alkyl halides is 6. The molecule has 4 amide bonds. The Kier molecular flexibility index (Phi) is 28.3. The fourth-order valence-corrected chi connectivity index (χ4v) is 15.0. The van der Waals surface area contributed by atoms with Crippen LogP contribution in [-0.2, 0) is 38.4 Å². The summed E-state index contributed by atoms with van der Waals surface area (Å²) in [5, 5.41) is 76.6. The maximum atomic E-state index is 13.2. The van der Waals surface area contributed by atoms with Crippen molar-refractivity contribution in [3.8, 4) is 23.0 Å². The average molecular weight is 1830 g/mol. The first-order valence-corrected chi connectivity index (χ1v) is 41.5. The van der Waals surface area contributed by atoms with Gasteiger partial charge in [-0.2, -0.15) is 20.4 Å². The van der Waals surface area contributed by atoms with Crippen molar-refractivity contribution in [1.29, 1.82) is 0 Å². The lowest BCUT2D eigenvalue weighted by Gasteiger charge is -2.24. The summed E-state index contributed by atoms with van der Waals surface area (Å²) in [6, 6.07) is 60.3. The Labute approximate surface area is 763 Å². The van der Waals surface area contributed by atoms with Gasteiger partial charge in [-0.3, -0.25) is 58.0 Å². The highest BCUT2D eigenvalue weighted by atomic mass is 19.4. The Morgan fingerprint density at radius 3 is 0.799 bits per heavy atom. The summed E-state index contributed by atoms with van der Waals surface area (Å²) in [6.07, 6.45) is -9.76. The normalized spacial score (nSPS) is 17.7. The van der Waals surface area contributed by atoms with Crippen LogP contribution in [-0.4, -0.2) is 135 Å². The van der Waals surface area contributed by atoms with Crippen molar-refractivity contribution < 1.29 is 104 Å². The molecule has 4 atom stereocenters. The van der Waals surface area contributed by atoms with Crippen LogP contribution in [0.5, 0.6) is 23.0 Å². The van der Waals surface area contributed by atoms with Gasteiger partial charge in [0.15, 0.2) is 23.3 Å². The summed E-state index contributed by atoms with van der Waals surface area (Å²) >= 11 is 0. The van der Waals surface area contributed by atoms with E-state index in [0.29, 0.717) is 73.9 Å². The van der Waals surface area contributed by atoms with Crippen LogP contribution >= 0.6 is 0 Å². The molecule has 8 heterocycles. The number of carbonyl (C=O) groups excluding carboxylic acids is 8. The number of anilines is 4. The quantitative estimate of drug-likeness (QED) is 0.0268. The second-order valence-electron chi connectivity index (χ2n) is 31.9. The molecule has 0 spiro atoms. The molecule has 134 heavy (non-hydrogen) atoms. The van der Waals surface area contributed by atoms with Crippen molar-refractivity contribution in [2.24, 2.45) is 0 Å². The first kappa shape index (κ1) is 95.2. The number of carbonyl (C=O) groups is 8. The first-order valence-electron chi connectivity index (χ1n) is 41.5. The first-order chi connectivity index (χ1) is 63.7. The minimum atomic E-state index is -4.89. The number of aromatic nitrogens is 8. The fraction of sp³-hybridized carbons (Fsp3) is 0.200. The zero-order valence-corrected chi connectivity index (χ0v) is 73.9. The molecule has 684 valence electrons. The highest BCUT2D eigenvalue weighted by Gasteiger charge is 2.52. The van der Waals surface area contributed by atoms with E-state index in [-0.39, 0.29) is 73.8 Å². The Morgan fingerprint density at radius 1 is 0.299 bits per heavy atom. The smallest absolute Gasteiger partial charge is 0.507 e. The molecule has 4 aromatic heterocycles. The summed E-state index contributed by atoms with van der Waals surface area (Å²) < 4.78 is 93.7. The molecule has 4 fully saturated rings. The summed E-state index contributed by atoms with van der Waals surface area (Å²) in [5.74, 6) is -6.87. The molecule has 0 saturated carbocycles. The van der Waals surface area contributed by atoms with Gasteiger partial charge in [0.2, 0.25) is 0 Å². The van der Waals surface area contributed by atoms with E-state index in [4.69, 9.17) is 9.47 Å². The molecule has 28 nitrogen and oxygen atoms in total. The van der Waals surface area contributed by atoms with E-state index in [9.17, 15) is 85.1 Å². The van der Waals surface area contributed by atoms with Crippen molar-refractivity contribution >= 4 is 93.1 Å². The van der Waals surface area contributed by atoms with Gasteiger partial charge in [-0.05, 0) is 196 Å². The summed E-state index contributed by atoms with van der Waals surface area (Å²) in [7, 11) is 3.00. The lowest BCUT2D eigenvalue weighted by Crippen LogP contribution is -2.30. The molecule has 4 aliphatic heterocycles. The number of amides is 4. The number of hydrogen-bond acceptors (Lipinski definition) is 24. The summed E-state index contributed by atoms with van der Waals surface area (Å²) in [6.45, 7) is 19.1. The highest BCUT2D eigenvalue weighted by molar-refractivity contribution is 6.54. The molecule has 0 aliphatic carbocycles. The zero-order chi connectivity index (χ0) is 96.6. The van der Waals surface area contributed by atoms with Gasteiger partial charge in [0.25, 0.3) is 23.1 Å². The molecule has 12 aromatic rings. The van der Waals surface area contributed by atoms with Gasteiger partial charge < -0.3 is 39.4 Å². The number of rotatable bonds is 18. The number of benzene rings is 8. The lowest BCUT2D eigenvalue weighted by atomic mass is 9.92. The number of nitrogens with zero attached hydrogens (tertiary/aromatic N) is 12. The minimum Gasteiger partial charge on any atom is -0.507 e. The molecule has 4 aliphatic rings. The average Bonchev–Trinajstić information content (AvgIpc) is 1.61. The van der Waals surface area contributed by atoms with E-state index < -0.39 is 107 Å².